The molecule has 1 aliphatic heterocycles. The van der Waals surface area contributed by atoms with E-state index in [1.165, 1.54) is 0 Å². The topological polar surface area (TPSA) is 87.0 Å². The van der Waals surface area contributed by atoms with Crippen molar-refractivity contribution in [3.63, 3.8) is 0 Å². The minimum Gasteiger partial charge on any atom is -0.456 e. The van der Waals surface area contributed by atoms with Gasteiger partial charge in [0.25, 0.3) is 0 Å². The third-order valence-electron chi connectivity index (χ3n) is 11.8. The molecule has 0 radical (unpaired) electrons. The number of esters is 1. The molecule has 0 aromatic rings. The molecule has 0 unspecified atom stereocenters. The molecule has 4 aliphatic carbocycles. The summed E-state index contributed by atoms with van der Waals surface area (Å²) in [6.07, 6.45) is 5.94. The molecule has 5 aliphatic rings. The van der Waals surface area contributed by atoms with Gasteiger partial charge in [0.05, 0.1) is 12.7 Å². The van der Waals surface area contributed by atoms with Gasteiger partial charge in [0.2, 0.25) is 0 Å². The summed E-state index contributed by atoms with van der Waals surface area (Å²) in [4.78, 5) is 12.4. The molecule has 5 nitrogen and oxygen atoms in total. The molecule has 2 saturated carbocycles. The van der Waals surface area contributed by atoms with E-state index >= 15 is 0 Å². The van der Waals surface area contributed by atoms with Crippen LogP contribution in [-0.4, -0.2) is 45.7 Å². The molecule has 0 aromatic heterocycles. The number of fused-ring (bicyclic) bond motifs is 5. The summed E-state index contributed by atoms with van der Waals surface area (Å²) in [6, 6.07) is 0. The second-order valence-electron chi connectivity index (χ2n) is 12.4. The maximum absolute atomic E-state index is 12.4. The van der Waals surface area contributed by atoms with Crippen LogP contribution in [-0.2, 0) is 9.53 Å². The van der Waals surface area contributed by atoms with E-state index in [2.05, 4.69) is 27.7 Å². The lowest BCUT2D eigenvalue weighted by molar-refractivity contribution is -0.169. The van der Waals surface area contributed by atoms with Gasteiger partial charge in [-0.2, -0.15) is 0 Å². The zero-order chi connectivity index (χ0) is 22.6. The number of carbonyl (C=O) groups excluding carboxylic acids is 1. The Morgan fingerprint density at radius 3 is 2.29 bits per heavy atom. The minimum absolute atomic E-state index is 0.00185. The van der Waals surface area contributed by atoms with E-state index in [4.69, 9.17) is 4.74 Å². The Morgan fingerprint density at radius 2 is 1.68 bits per heavy atom. The molecule has 5 rings (SSSR count). The first-order chi connectivity index (χ1) is 14.4. The fourth-order valence-electron chi connectivity index (χ4n) is 9.44. The van der Waals surface area contributed by atoms with Crippen molar-refractivity contribution in [1.82, 2.24) is 0 Å². The minimum atomic E-state index is -1.02. The molecule has 174 valence electrons. The first-order valence-corrected chi connectivity index (χ1v) is 12.3. The number of carbonyl (C=O) groups is 1. The van der Waals surface area contributed by atoms with Crippen LogP contribution in [0.3, 0.4) is 0 Å². The Hall–Kier alpha value is -0.910. The highest BCUT2D eigenvalue weighted by molar-refractivity contribution is 5.78. The Morgan fingerprint density at radius 1 is 0.968 bits per heavy atom. The van der Waals surface area contributed by atoms with Crippen LogP contribution in [0.4, 0.5) is 0 Å². The average molecular weight is 433 g/mol. The van der Waals surface area contributed by atoms with Crippen LogP contribution in [0.15, 0.2) is 11.1 Å². The lowest BCUT2D eigenvalue weighted by Gasteiger charge is -2.63. The molecule has 3 N–H and O–H groups in total. The quantitative estimate of drug-likeness (QED) is 0.434. The molecule has 9 atom stereocenters. The third-order valence-corrected chi connectivity index (χ3v) is 11.8. The maximum Gasteiger partial charge on any atom is 0.335 e. The number of ether oxygens (including phenoxy) is 1. The predicted molar refractivity (Wildman–Crippen MR) is 117 cm³/mol. The second kappa shape index (κ2) is 6.36. The highest BCUT2D eigenvalue weighted by Crippen LogP contribution is 2.74. The van der Waals surface area contributed by atoms with Crippen molar-refractivity contribution in [3.05, 3.63) is 11.1 Å². The maximum atomic E-state index is 12.4. The van der Waals surface area contributed by atoms with Crippen molar-refractivity contribution < 1.29 is 24.9 Å². The molecule has 0 amide bonds. The van der Waals surface area contributed by atoms with Gasteiger partial charge < -0.3 is 20.1 Å². The summed E-state index contributed by atoms with van der Waals surface area (Å²) >= 11 is 0. The van der Waals surface area contributed by atoms with Crippen molar-refractivity contribution in [1.29, 1.82) is 0 Å². The Balaban J connectivity index is 1.61. The highest BCUT2D eigenvalue weighted by atomic mass is 16.6. The van der Waals surface area contributed by atoms with Crippen molar-refractivity contribution in [2.24, 2.45) is 33.5 Å². The summed E-state index contributed by atoms with van der Waals surface area (Å²) in [7, 11) is 0. The molecule has 5 heteroatoms. The third kappa shape index (κ3) is 2.26. The highest BCUT2D eigenvalue weighted by Gasteiger charge is 2.73. The molecular weight excluding hydrogens is 392 g/mol. The molecule has 3 fully saturated rings. The number of allylic oxidation sites excluding steroid dienone is 2. The van der Waals surface area contributed by atoms with Gasteiger partial charge in [0.1, 0.15) is 5.60 Å². The Bertz CT molecular complexity index is 851. The first-order valence-electron chi connectivity index (χ1n) is 12.3. The van der Waals surface area contributed by atoms with E-state index in [1.807, 2.05) is 6.92 Å². The number of hydrogen-bond donors (Lipinski definition) is 3. The SMILES string of the molecule is C[C@@H]1[C@@H](O)C(=O)O[C@@]12CC[C@@]1(C)C3=C(CC[C@@]12C)[C@@]1(C)CC[C@H](O)[C@](C)(CO)[C@H]1CC3. The molecule has 0 aromatic carbocycles. The summed E-state index contributed by atoms with van der Waals surface area (Å²) in [5, 5.41) is 31.6. The number of aliphatic hydroxyl groups excluding tert-OH is 3. The standard InChI is InChI=1S/C26H40O5/c1-15-20(29)21(30)31-26(15)13-12-24(4)17-6-7-18-22(2,16(17)8-11-25(24,26)5)10-9-19(28)23(18,3)14-27/h15,18-20,27-29H,6-14H2,1-5H3/t15-,18+,19+,20-,22-,23-,24+,25+,26+/m1/s1. The monoisotopic (exact) mass is 432 g/mol. The van der Waals surface area contributed by atoms with Crippen LogP contribution in [0.2, 0.25) is 0 Å². The van der Waals surface area contributed by atoms with Gasteiger partial charge in [-0.1, -0.05) is 45.8 Å². The molecule has 0 bridgehead atoms. The summed E-state index contributed by atoms with van der Waals surface area (Å²) in [5.41, 5.74) is 1.83. The van der Waals surface area contributed by atoms with Gasteiger partial charge in [-0.3, -0.25) is 0 Å². The fourth-order valence-corrected chi connectivity index (χ4v) is 9.44. The van der Waals surface area contributed by atoms with Crippen molar-refractivity contribution in [2.75, 3.05) is 6.61 Å². The van der Waals surface area contributed by atoms with E-state index in [0.717, 1.165) is 51.4 Å². The molecule has 1 heterocycles. The lowest BCUT2D eigenvalue weighted by atomic mass is 9.42. The van der Waals surface area contributed by atoms with E-state index in [9.17, 15) is 20.1 Å². The summed E-state index contributed by atoms with van der Waals surface area (Å²) < 4.78 is 6.07. The summed E-state index contributed by atoms with van der Waals surface area (Å²) in [6.45, 7) is 11.2. The van der Waals surface area contributed by atoms with E-state index < -0.39 is 29.2 Å². The van der Waals surface area contributed by atoms with Gasteiger partial charge in [0, 0.05) is 16.7 Å². The number of rotatable bonds is 1. The van der Waals surface area contributed by atoms with E-state index in [1.54, 1.807) is 11.1 Å². The molecular formula is C26H40O5. The average Bonchev–Trinajstić information content (AvgIpc) is 3.11. The normalized spacial score (nSPS) is 56.3. The second-order valence-corrected chi connectivity index (χ2v) is 12.4. The lowest BCUT2D eigenvalue weighted by Crippen LogP contribution is -2.59. The zero-order valence-electron chi connectivity index (χ0n) is 19.8. The van der Waals surface area contributed by atoms with Crippen LogP contribution in [0.5, 0.6) is 0 Å². The largest absolute Gasteiger partial charge is 0.456 e. The van der Waals surface area contributed by atoms with Crippen LogP contribution in [0, 0.1) is 33.5 Å². The first kappa shape index (κ1) is 21.9. The van der Waals surface area contributed by atoms with Crippen LogP contribution in [0.1, 0.15) is 86.0 Å². The fraction of sp³-hybridized carbons (Fsp3) is 0.885. The smallest absolute Gasteiger partial charge is 0.335 e. The summed E-state index contributed by atoms with van der Waals surface area (Å²) in [5.74, 6) is -0.363. The van der Waals surface area contributed by atoms with Gasteiger partial charge in [0.15, 0.2) is 6.10 Å². The number of hydrogen-bond acceptors (Lipinski definition) is 5. The van der Waals surface area contributed by atoms with Crippen molar-refractivity contribution in [2.45, 2.75) is 104 Å². The molecule has 1 saturated heterocycles. The van der Waals surface area contributed by atoms with Crippen LogP contribution < -0.4 is 0 Å². The van der Waals surface area contributed by atoms with Gasteiger partial charge in [-0.25, -0.2) is 4.79 Å². The molecule has 31 heavy (non-hydrogen) atoms. The predicted octanol–water partition coefficient (Wildman–Crippen LogP) is 3.75. The van der Waals surface area contributed by atoms with E-state index in [-0.39, 0.29) is 34.7 Å². The Labute approximate surface area is 186 Å². The van der Waals surface area contributed by atoms with Gasteiger partial charge >= 0.3 is 5.97 Å². The van der Waals surface area contributed by atoms with Crippen molar-refractivity contribution in [3.8, 4) is 0 Å². The van der Waals surface area contributed by atoms with Gasteiger partial charge in [-0.15, -0.1) is 0 Å². The molecule has 1 spiro atoms. The van der Waals surface area contributed by atoms with Crippen LogP contribution in [0.25, 0.3) is 0 Å². The van der Waals surface area contributed by atoms with Crippen molar-refractivity contribution >= 4 is 5.97 Å². The Kier molecular flexibility index (Phi) is 4.49. The van der Waals surface area contributed by atoms with Crippen LogP contribution >= 0.6 is 0 Å². The zero-order valence-corrected chi connectivity index (χ0v) is 19.8. The van der Waals surface area contributed by atoms with Gasteiger partial charge in [-0.05, 0) is 68.1 Å². The van der Waals surface area contributed by atoms with E-state index in [0.29, 0.717) is 0 Å². The number of aliphatic hydroxyl groups is 3.